The first-order valence-electron chi connectivity index (χ1n) is 7.59. The average molecular weight is 422 g/mol. The second-order valence-corrected chi connectivity index (χ2v) is 8.87. The Balaban J connectivity index is 1.51. The van der Waals surface area contributed by atoms with Crippen molar-refractivity contribution in [3.8, 4) is 0 Å². The van der Waals surface area contributed by atoms with E-state index >= 15 is 0 Å². The fourth-order valence-corrected chi connectivity index (χ4v) is 3.83. The number of hydrogen-bond donors (Lipinski definition) is 0. The molecule has 0 radical (unpaired) electrons. The lowest BCUT2D eigenvalue weighted by Gasteiger charge is -2.25. The van der Waals surface area contributed by atoms with Crippen molar-refractivity contribution in [2.45, 2.75) is 48.7 Å². The van der Waals surface area contributed by atoms with Crippen molar-refractivity contribution in [1.82, 2.24) is 0 Å². The molecule has 1 saturated heterocycles. The van der Waals surface area contributed by atoms with Crippen LogP contribution in [0.25, 0.3) is 0 Å². The van der Waals surface area contributed by atoms with Crippen LogP contribution in [-0.4, -0.2) is 40.1 Å². The maximum atomic E-state index is 11.9. The van der Waals surface area contributed by atoms with Crippen LogP contribution >= 0.6 is 22.6 Å². The van der Waals surface area contributed by atoms with Gasteiger partial charge in [0, 0.05) is 11.8 Å². The summed E-state index contributed by atoms with van der Waals surface area (Å²) in [5.41, 5.74) is 0. The summed E-state index contributed by atoms with van der Waals surface area (Å²) >= 11 is 2.01. The van der Waals surface area contributed by atoms with Crippen molar-refractivity contribution in [2.24, 2.45) is 17.8 Å². The first kappa shape index (κ1) is 16.0. The highest BCUT2D eigenvalue weighted by Gasteiger charge is 2.63. The molecular weight excluding hydrogens is 403 g/mol. The molecular formula is C15H19IO6. The number of hydrogen-bond acceptors (Lipinski definition) is 6. The van der Waals surface area contributed by atoms with Crippen LogP contribution < -0.4 is 0 Å². The molecule has 0 N–H and O–H groups in total. The third kappa shape index (κ3) is 2.61. The predicted octanol–water partition coefficient (Wildman–Crippen LogP) is 1.63. The van der Waals surface area contributed by atoms with Crippen LogP contribution in [0.15, 0.2) is 0 Å². The van der Waals surface area contributed by atoms with Gasteiger partial charge in [-0.1, -0.05) is 29.5 Å². The molecule has 2 saturated carbocycles. The van der Waals surface area contributed by atoms with Gasteiger partial charge in [-0.15, -0.1) is 0 Å². The highest BCUT2D eigenvalue weighted by molar-refractivity contribution is 14.1. The van der Waals surface area contributed by atoms with E-state index in [1.807, 2.05) is 29.5 Å². The van der Waals surface area contributed by atoms with E-state index in [2.05, 4.69) is 0 Å². The van der Waals surface area contributed by atoms with Crippen molar-refractivity contribution < 1.29 is 28.6 Å². The maximum absolute atomic E-state index is 11.9. The largest absolute Gasteiger partial charge is 0.458 e. The molecule has 22 heavy (non-hydrogen) atoms. The van der Waals surface area contributed by atoms with E-state index in [9.17, 15) is 14.4 Å². The average Bonchev–Trinajstić information content (AvgIpc) is 3.09. The minimum Gasteiger partial charge on any atom is -0.458 e. The van der Waals surface area contributed by atoms with Crippen molar-refractivity contribution in [2.75, 3.05) is 6.61 Å². The van der Waals surface area contributed by atoms with Crippen molar-refractivity contribution in [3.63, 3.8) is 0 Å². The van der Waals surface area contributed by atoms with Crippen LogP contribution in [0.3, 0.4) is 0 Å². The maximum Gasteiger partial charge on any atom is 0.344 e. The van der Waals surface area contributed by atoms with Crippen LogP contribution in [0.1, 0.15) is 33.1 Å². The Morgan fingerprint density at radius 1 is 1.41 bits per heavy atom. The smallest absolute Gasteiger partial charge is 0.344 e. The first-order valence-corrected chi connectivity index (χ1v) is 8.67. The molecule has 7 heteroatoms. The van der Waals surface area contributed by atoms with Gasteiger partial charge in [0.25, 0.3) is 0 Å². The molecule has 1 heterocycles. The van der Waals surface area contributed by atoms with Gasteiger partial charge in [-0.25, -0.2) is 4.79 Å². The second kappa shape index (κ2) is 5.65. The Kier molecular flexibility index (Phi) is 4.11. The normalized spacial score (nSPS) is 37.6. The lowest BCUT2D eigenvalue weighted by molar-refractivity contribution is -0.170. The van der Waals surface area contributed by atoms with Crippen LogP contribution in [0.2, 0.25) is 0 Å². The van der Waals surface area contributed by atoms with Crippen molar-refractivity contribution >= 4 is 40.5 Å². The van der Waals surface area contributed by atoms with Gasteiger partial charge in [0.05, 0.1) is 5.92 Å². The van der Waals surface area contributed by atoms with Crippen LogP contribution in [-0.2, 0) is 28.6 Å². The third-order valence-corrected chi connectivity index (χ3v) is 6.30. The molecule has 2 bridgehead atoms. The van der Waals surface area contributed by atoms with Gasteiger partial charge in [0.2, 0.25) is 0 Å². The fourth-order valence-electron chi connectivity index (χ4n) is 3.67. The highest BCUT2D eigenvalue weighted by atomic mass is 127. The Labute approximate surface area is 142 Å². The van der Waals surface area contributed by atoms with Gasteiger partial charge in [-0.2, -0.15) is 0 Å². The van der Waals surface area contributed by atoms with E-state index in [0.29, 0.717) is 6.42 Å². The summed E-state index contributed by atoms with van der Waals surface area (Å²) in [5.74, 6) is -0.785. The van der Waals surface area contributed by atoms with Crippen LogP contribution in [0.5, 0.6) is 0 Å². The third-order valence-electron chi connectivity index (χ3n) is 5.09. The number of carbonyl (C=O) groups is 3. The molecule has 1 aliphatic heterocycles. The minimum atomic E-state index is -0.640. The zero-order valence-corrected chi connectivity index (χ0v) is 14.7. The Morgan fingerprint density at radius 2 is 2.14 bits per heavy atom. The lowest BCUT2D eigenvalue weighted by Crippen LogP contribution is -2.38. The Morgan fingerprint density at radius 3 is 2.82 bits per heavy atom. The quantitative estimate of drug-likeness (QED) is 0.290. The van der Waals surface area contributed by atoms with Gasteiger partial charge in [0.15, 0.2) is 6.61 Å². The molecule has 122 valence electrons. The molecule has 3 aliphatic rings. The van der Waals surface area contributed by atoms with Gasteiger partial charge < -0.3 is 14.2 Å². The summed E-state index contributed by atoms with van der Waals surface area (Å²) in [5, 5.41) is 0. The topological polar surface area (TPSA) is 78.9 Å². The number of alkyl halides is 1. The molecule has 0 aromatic rings. The summed E-state index contributed by atoms with van der Waals surface area (Å²) in [7, 11) is 0. The summed E-state index contributed by atoms with van der Waals surface area (Å²) in [4.78, 5) is 35.4. The molecule has 6 unspecified atom stereocenters. The number of carbonyl (C=O) groups excluding carboxylic acids is 3. The van der Waals surface area contributed by atoms with Gasteiger partial charge >= 0.3 is 17.9 Å². The van der Waals surface area contributed by atoms with E-state index < -0.39 is 22.0 Å². The number of ether oxygens (including phenoxy) is 3. The lowest BCUT2D eigenvalue weighted by atomic mass is 9.88. The zero-order chi connectivity index (χ0) is 16.1. The monoisotopic (exact) mass is 422 g/mol. The molecule has 0 amide bonds. The molecule has 0 aromatic carbocycles. The molecule has 6 atom stereocenters. The predicted molar refractivity (Wildman–Crippen MR) is 83.1 cm³/mol. The molecule has 6 nitrogen and oxygen atoms in total. The van der Waals surface area contributed by atoms with E-state index in [4.69, 9.17) is 14.2 Å². The van der Waals surface area contributed by atoms with E-state index in [0.717, 1.165) is 12.8 Å². The van der Waals surface area contributed by atoms with E-state index in [1.165, 1.54) is 0 Å². The van der Waals surface area contributed by atoms with Crippen LogP contribution in [0.4, 0.5) is 0 Å². The first-order chi connectivity index (χ1) is 10.3. The number of rotatable bonds is 5. The SMILES string of the molecule is CCC(C)(I)C(=O)OCC(=O)OC1C2CC3C(=O)OC1C3C2. The molecule has 3 fully saturated rings. The molecule has 2 aliphatic carbocycles. The van der Waals surface area contributed by atoms with Crippen LogP contribution in [0, 0.1) is 17.8 Å². The van der Waals surface area contributed by atoms with Crippen molar-refractivity contribution in [1.29, 1.82) is 0 Å². The minimum absolute atomic E-state index is 0.00735. The van der Waals surface area contributed by atoms with Crippen molar-refractivity contribution in [3.05, 3.63) is 0 Å². The number of fused-ring (bicyclic) bond motifs is 1. The summed E-state index contributed by atoms with van der Waals surface area (Å²) in [6.45, 7) is 3.25. The molecule has 0 spiro atoms. The number of halogens is 1. The highest BCUT2D eigenvalue weighted by Crippen LogP contribution is 2.55. The Bertz CT molecular complexity index is 516. The van der Waals surface area contributed by atoms with Gasteiger partial charge in [0.1, 0.15) is 15.6 Å². The van der Waals surface area contributed by atoms with Gasteiger partial charge in [-0.05, 0) is 26.2 Å². The standard InChI is InChI=1S/C15H19IO6/c1-3-15(2,16)14(19)20-6-10(17)21-11-7-4-8-9(5-7)13(18)22-12(8)11/h7-9,11-12H,3-6H2,1-2H3. The summed E-state index contributed by atoms with van der Waals surface area (Å²) < 4.78 is 15.1. The van der Waals surface area contributed by atoms with E-state index in [1.54, 1.807) is 6.92 Å². The summed E-state index contributed by atoms with van der Waals surface area (Å²) in [6, 6.07) is 0. The molecule has 0 aromatic heterocycles. The fraction of sp³-hybridized carbons (Fsp3) is 0.800. The zero-order valence-electron chi connectivity index (χ0n) is 12.5. The molecule has 3 rings (SSSR count). The van der Waals surface area contributed by atoms with E-state index in [-0.39, 0.29) is 35.9 Å². The summed E-state index contributed by atoms with van der Waals surface area (Å²) in [6.07, 6.45) is 1.55. The second-order valence-electron chi connectivity index (χ2n) is 6.48. The number of esters is 3. The van der Waals surface area contributed by atoms with Gasteiger partial charge in [-0.3, -0.25) is 9.59 Å². The Hall–Kier alpha value is -0.860.